The second-order valence-corrected chi connectivity index (χ2v) is 6.62. The number of rotatable bonds is 3. The van der Waals surface area contributed by atoms with Crippen LogP contribution in [0.4, 0.5) is 0 Å². The highest BCUT2D eigenvalue weighted by Crippen LogP contribution is 2.12. The Morgan fingerprint density at radius 1 is 1.57 bits per heavy atom. The van der Waals surface area contributed by atoms with Crippen molar-refractivity contribution in [2.24, 2.45) is 0 Å². The summed E-state index contributed by atoms with van der Waals surface area (Å²) in [6.45, 7) is 0.781. The largest absolute Gasteiger partial charge is 0.309 e. The van der Waals surface area contributed by atoms with Gasteiger partial charge in [-0.15, -0.1) is 0 Å². The van der Waals surface area contributed by atoms with E-state index in [4.69, 9.17) is 0 Å². The average molecular weight is 231 g/mol. The highest BCUT2D eigenvalue weighted by Gasteiger charge is 2.27. The summed E-state index contributed by atoms with van der Waals surface area (Å²) < 4.78 is 22.3. The number of thiophene rings is 1. The molecule has 2 heterocycles. The van der Waals surface area contributed by atoms with Crippen molar-refractivity contribution in [2.75, 3.05) is 11.5 Å². The molecule has 0 saturated carbocycles. The van der Waals surface area contributed by atoms with Gasteiger partial charge in [0.2, 0.25) is 0 Å². The maximum absolute atomic E-state index is 11.2. The molecule has 1 atom stereocenters. The van der Waals surface area contributed by atoms with E-state index in [0.717, 1.165) is 13.0 Å². The van der Waals surface area contributed by atoms with Crippen molar-refractivity contribution in [2.45, 2.75) is 19.0 Å². The Morgan fingerprint density at radius 3 is 3.00 bits per heavy atom. The van der Waals surface area contributed by atoms with Gasteiger partial charge in [0, 0.05) is 12.6 Å². The van der Waals surface area contributed by atoms with Crippen molar-refractivity contribution in [3.05, 3.63) is 22.4 Å². The zero-order valence-corrected chi connectivity index (χ0v) is 9.40. The monoisotopic (exact) mass is 231 g/mol. The first-order valence-electron chi connectivity index (χ1n) is 4.61. The first-order chi connectivity index (χ1) is 6.66. The van der Waals surface area contributed by atoms with Gasteiger partial charge in [0.05, 0.1) is 11.5 Å². The average Bonchev–Trinajstić information content (AvgIpc) is 2.70. The van der Waals surface area contributed by atoms with E-state index in [0.29, 0.717) is 11.5 Å². The molecule has 1 aliphatic rings. The zero-order valence-electron chi connectivity index (χ0n) is 7.77. The third-order valence-corrected chi connectivity index (χ3v) is 4.91. The van der Waals surface area contributed by atoms with Gasteiger partial charge >= 0.3 is 0 Å². The third kappa shape index (κ3) is 2.56. The van der Waals surface area contributed by atoms with Crippen molar-refractivity contribution in [3.8, 4) is 0 Å². The van der Waals surface area contributed by atoms with Crippen LogP contribution in [0.2, 0.25) is 0 Å². The predicted octanol–water partition coefficient (Wildman–Crippen LogP) is 1.02. The molecule has 1 fully saturated rings. The first kappa shape index (κ1) is 10.1. The quantitative estimate of drug-likeness (QED) is 0.845. The summed E-state index contributed by atoms with van der Waals surface area (Å²) in [7, 11) is -2.75. The SMILES string of the molecule is O=S1(=O)CCC(NCc2ccsc2)C1. The Hall–Kier alpha value is -0.390. The number of nitrogens with one attached hydrogen (secondary N) is 1. The smallest absolute Gasteiger partial charge is 0.151 e. The minimum Gasteiger partial charge on any atom is -0.309 e. The van der Waals surface area contributed by atoms with Crippen LogP contribution < -0.4 is 5.32 Å². The van der Waals surface area contributed by atoms with Crippen molar-refractivity contribution in [3.63, 3.8) is 0 Å². The van der Waals surface area contributed by atoms with E-state index in [1.54, 1.807) is 11.3 Å². The van der Waals surface area contributed by atoms with E-state index in [1.807, 2.05) is 5.38 Å². The van der Waals surface area contributed by atoms with Crippen molar-refractivity contribution in [1.29, 1.82) is 0 Å². The second kappa shape index (κ2) is 4.00. The molecule has 1 aromatic heterocycles. The summed E-state index contributed by atoms with van der Waals surface area (Å²) in [6.07, 6.45) is 0.756. The van der Waals surface area contributed by atoms with Crippen LogP contribution in [0.1, 0.15) is 12.0 Å². The van der Waals surface area contributed by atoms with Gasteiger partial charge < -0.3 is 5.32 Å². The Labute approximate surface area is 88.1 Å². The zero-order chi connectivity index (χ0) is 10.0. The Kier molecular flexibility index (Phi) is 2.90. The number of hydrogen-bond acceptors (Lipinski definition) is 4. The molecule has 2 rings (SSSR count). The van der Waals surface area contributed by atoms with Crippen LogP contribution in [0.25, 0.3) is 0 Å². The second-order valence-electron chi connectivity index (χ2n) is 3.61. The van der Waals surface area contributed by atoms with Crippen molar-refractivity contribution >= 4 is 21.2 Å². The standard InChI is InChI=1S/C9H13NO2S2/c11-14(12)4-2-9(7-14)10-5-8-1-3-13-6-8/h1,3,6,9-10H,2,4-5,7H2. The molecule has 0 bridgehead atoms. The molecule has 1 aliphatic heterocycles. The van der Waals surface area contributed by atoms with Crippen LogP contribution in [0.15, 0.2) is 16.8 Å². The predicted molar refractivity (Wildman–Crippen MR) is 58.2 cm³/mol. The van der Waals surface area contributed by atoms with Gasteiger partial charge in [0.25, 0.3) is 0 Å². The van der Waals surface area contributed by atoms with Gasteiger partial charge in [-0.25, -0.2) is 8.42 Å². The lowest BCUT2D eigenvalue weighted by Crippen LogP contribution is -2.29. The van der Waals surface area contributed by atoms with Crippen LogP contribution in [0.3, 0.4) is 0 Å². The van der Waals surface area contributed by atoms with E-state index in [2.05, 4.69) is 16.8 Å². The molecule has 78 valence electrons. The lowest BCUT2D eigenvalue weighted by Gasteiger charge is -2.08. The molecule has 0 aliphatic carbocycles. The number of hydrogen-bond donors (Lipinski definition) is 1. The molecule has 1 N–H and O–H groups in total. The fraction of sp³-hybridized carbons (Fsp3) is 0.556. The molecule has 0 amide bonds. The van der Waals surface area contributed by atoms with E-state index in [9.17, 15) is 8.42 Å². The molecule has 0 aromatic carbocycles. The maximum Gasteiger partial charge on any atom is 0.151 e. The Morgan fingerprint density at radius 2 is 2.43 bits per heavy atom. The van der Waals surface area contributed by atoms with Gasteiger partial charge in [-0.2, -0.15) is 11.3 Å². The van der Waals surface area contributed by atoms with Crippen LogP contribution in [-0.4, -0.2) is 26.0 Å². The molecule has 14 heavy (non-hydrogen) atoms. The molecule has 1 saturated heterocycles. The molecular weight excluding hydrogens is 218 g/mol. The summed E-state index contributed by atoms with van der Waals surface area (Å²) in [6, 6.07) is 2.21. The van der Waals surface area contributed by atoms with E-state index < -0.39 is 9.84 Å². The fourth-order valence-corrected chi connectivity index (χ4v) is 3.99. The van der Waals surface area contributed by atoms with E-state index in [-0.39, 0.29) is 6.04 Å². The topological polar surface area (TPSA) is 46.2 Å². The minimum atomic E-state index is -2.75. The summed E-state index contributed by atoms with van der Waals surface area (Å²) in [5, 5.41) is 7.38. The van der Waals surface area contributed by atoms with Gasteiger partial charge in [-0.3, -0.25) is 0 Å². The fourth-order valence-electron chi connectivity index (χ4n) is 1.61. The van der Waals surface area contributed by atoms with Gasteiger partial charge in [-0.05, 0) is 28.8 Å². The highest BCUT2D eigenvalue weighted by atomic mass is 32.2. The summed E-state index contributed by atoms with van der Waals surface area (Å²) >= 11 is 1.66. The summed E-state index contributed by atoms with van der Waals surface area (Å²) in [5.41, 5.74) is 1.24. The molecule has 0 spiro atoms. The molecular formula is C9H13NO2S2. The van der Waals surface area contributed by atoms with Gasteiger partial charge in [0.15, 0.2) is 9.84 Å². The highest BCUT2D eigenvalue weighted by molar-refractivity contribution is 7.91. The van der Waals surface area contributed by atoms with Crippen LogP contribution in [0.5, 0.6) is 0 Å². The van der Waals surface area contributed by atoms with Crippen LogP contribution in [-0.2, 0) is 16.4 Å². The van der Waals surface area contributed by atoms with Gasteiger partial charge in [-0.1, -0.05) is 0 Å². The lowest BCUT2D eigenvalue weighted by molar-refractivity contribution is 0.555. The molecule has 0 radical (unpaired) electrons. The lowest BCUT2D eigenvalue weighted by atomic mass is 10.2. The van der Waals surface area contributed by atoms with Crippen LogP contribution >= 0.6 is 11.3 Å². The van der Waals surface area contributed by atoms with E-state index in [1.165, 1.54) is 5.56 Å². The van der Waals surface area contributed by atoms with Gasteiger partial charge in [0.1, 0.15) is 0 Å². The van der Waals surface area contributed by atoms with E-state index >= 15 is 0 Å². The molecule has 1 aromatic rings. The third-order valence-electron chi connectivity index (χ3n) is 2.41. The summed E-state index contributed by atoms with van der Waals surface area (Å²) in [5.74, 6) is 0.644. The maximum atomic E-state index is 11.2. The normalized spacial score (nSPS) is 25.3. The number of sulfone groups is 1. The Bertz CT molecular complexity index is 383. The molecule has 5 heteroatoms. The molecule has 3 nitrogen and oxygen atoms in total. The molecule has 1 unspecified atom stereocenters. The minimum absolute atomic E-state index is 0.153. The van der Waals surface area contributed by atoms with Crippen LogP contribution in [0, 0.1) is 0 Å². The first-order valence-corrected chi connectivity index (χ1v) is 7.37. The van der Waals surface area contributed by atoms with Crippen molar-refractivity contribution < 1.29 is 8.42 Å². The Balaban J connectivity index is 1.83. The van der Waals surface area contributed by atoms with Crippen molar-refractivity contribution in [1.82, 2.24) is 5.32 Å². The summed E-state index contributed by atoms with van der Waals surface area (Å²) in [4.78, 5) is 0.